The van der Waals surface area contributed by atoms with E-state index in [0.29, 0.717) is 5.56 Å². The molecule has 1 N–H and O–H groups in total. The Bertz CT molecular complexity index is 771. The van der Waals surface area contributed by atoms with Gasteiger partial charge in [0.2, 0.25) is 10.0 Å². The van der Waals surface area contributed by atoms with Crippen LogP contribution in [0.2, 0.25) is 0 Å². The first-order valence-corrected chi connectivity index (χ1v) is 7.90. The van der Waals surface area contributed by atoms with Gasteiger partial charge in [-0.25, -0.2) is 13.1 Å². The molecule has 0 amide bonds. The molecule has 0 aliphatic carbocycles. The van der Waals surface area contributed by atoms with Gasteiger partial charge in [0, 0.05) is 24.5 Å². The van der Waals surface area contributed by atoms with Gasteiger partial charge in [0.05, 0.1) is 10.5 Å². The van der Waals surface area contributed by atoms with Gasteiger partial charge in [-0.15, -0.1) is 0 Å². The molecule has 0 unspecified atom stereocenters. The zero-order chi connectivity index (χ0) is 16.4. The van der Waals surface area contributed by atoms with E-state index in [0.717, 1.165) is 0 Å². The summed E-state index contributed by atoms with van der Waals surface area (Å²) in [4.78, 5) is 14.0. The number of pyridine rings is 1. The molecular formula is C14H15N3O4S. The van der Waals surface area contributed by atoms with Crippen molar-refractivity contribution in [3.8, 4) is 0 Å². The topological polar surface area (TPSA) is 102 Å². The van der Waals surface area contributed by atoms with E-state index in [-0.39, 0.29) is 10.6 Å². The van der Waals surface area contributed by atoms with E-state index >= 15 is 0 Å². The van der Waals surface area contributed by atoms with Crippen LogP contribution in [-0.2, 0) is 15.6 Å². The first-order chi connectivity index (χ1) is 10.2. The fourth-order valence-electron chi connectivity index (χ4n) is 1.96. The number of aromatic nitrogens is 1. The molecule has 0 atom stereocenters. The van der Waals surface area contributed by atoms with Crippen molar-refractivity contribution in [2.75, 3.05) is 0 Å². The van der Waals surface area contributed by atoms with Crippen LogP contribution in [0, 0.1) is 10.1 Å². The largest absolute Gasteiger partial charge is 0.269 e. The third kappa shape index (κ3) is 3.46. The van der Waals surface area contributed by atoms with Crippen molar-refractivity contribution < 1.29 is 13.3 Å². The average Bonchev–Trinajstić information content (AvgIpc) is 2.47. The molecule has 0 spiro atoms. The van der Waals surface area contributed by atoms with Crippen molar-refractivity contribution in [3.05, 3.63) is 64.5 Å². The molecule has 2 rings (SSSR count). The number of nitro groups is 1. The molecule has 1 aromatic heterocycles. The molecule has 0 aliphatic rings. The maximum absolute atomic E-state index is 12.3. The van der Waals surface area contributed by atoms with Gasteiger partial charge in [0.25, 0.3) is 5.69 Å². The van der Waals surface area contributed by atoms with E-state index in [9.17, 15) is 18.5 Å². The summed E-state index contributed by atoms with van der Waals surface area (Å²) in [6, 6.07) is 8.73. The lowest BCUT2D eigenvalue weighted by molar-refractivity contribution is -0.384. The molecule has 8 heteroatoms. The van der Waals surface area contributed by atoms with E-state index < -0.39 is 20.5 Å². The van der Waals surface area contributed by atoms with Crippen molar-refractivity contribution >= 4 is 15.7 Å². The Balaban J connectivity index is 2.29. The molecule has 1 aromatic carbocycles. The molecule has 1 heterocycles. The highest BCUT2D eigenvalue weighted by atomic mass is 32.2. The van der Waals surface area contributed by atoms with Gasteiger partial charge >= 0.3 is 0 Å². The normalized spacial score (nSPS) is 12.1. The summed E-state index contributed by atoms with van der Waals surface area (Å²) >= 11 is 0. The van der Waals surface area contributed by atoms with E-state index in [1.54, 1.807) is 13.8 Å². The number of nitrogens with one attached hydrogen (secondary N) is 1. The number of sulfonamides is 1. The zero-order valence-corrected chi connectivity index (χ0v) is 12.9. The van der Waals surface area contributed by atoms with Crippen LogP contribution < -0.4 is 4.72 Å². The predicted molar refractivity (Wildman–Crippen MR) is 80.7 cm³/mol. The number of nitrogens with zero attached hydrogens (tertiary/aromatic N) is 2. The second kappa shape index (κ2) is 5.82. The van der Waals surface area contributed by atoms with Crippen LogP contribution in [0.15, 0.2) is 53.7 Å². The molecule has 0 aliphatic heterocycles. The number of benzene rings is 1. The standard InChI is InChI=1S/C14H15N3O4S/c1-14(2,11-5-7-12(8-6-11)17(18)19)16-22(20,21)13-4-3-9-15-10-13/h3-10,16H,1-2H3. The highest BCUT2D eigenvalue weighted by molar-refractivity contribution is 7.89. The first-order valence-electron chi connectivity index (χ1n) is 6.41. The highest BCUT2D eigenvalue weighted by Crippen LogP contribution is 2.25. The average molecular weight is 321 g/mol. The van der Waals surface area contributed by atoms with Crippen LogP contribution >= 0.6 is 0 Å². The Labute approximate surface area is 128 Å². The summed E-state index contributed by atoms with van der Waals surface area (Å²) in [7, 11) is -3.74. The lowest BCUT2D eigenvalue weighted by Crippen LogP contribution is -2.40. The maximum atomic E-state index is 12.3. The van der Waals surface area contributed by atoms with Gasteiger partial charge in [-0.1, -0.05) is 12.1 Å². The smallest absolute Gasteiger partial charge is 0.263 e. The van der Waals surface area contributed by atoms with E-state index in [1.807, 2.05) is 0 Å². The molecule has 0 saturated carbocycles. The van der Waals surface area contributed by atoms with Crippen LogP contribution in [-0.4, -0.2) is 18.3 Å². The van der Waals surface area contributed by atoms with Gasteiger partial charge in [-0.3, -0.25) is 15.1 Å². The number of rotatable bonds is 5. The Morgan fingerprint density at radius 3 is 2.32 bits per heavy atom. The Morgan fingerprint density at radius 1 is 1.18 bits per heavy atom. The molecule has 2 aromatic rings. The molecule has 0 saturated heterocycles. The monoisotopic (exact) mass is 321 g/mol. The molecular weight excluding hydrogens is 306 g/mol. The van der Waals surface area contributed by atoms with Crippen molar-refractivity contribution in [2.45, 2.75) is 24.3 Å². The molecule has 0 fully saturated rings. The van der Waals surface area contributed by atoms with Gasteiger partial charge < -0.3 is 0 Å². The second-order valence-electron chi connectivity index (χ2n) is 5.22. The summed E-state index contributed by atoms with van der Waals surface area (Å²) in [6.45, 7) is 3.37. The summed E-state index contributed by atoms with van der Waals surface area (Å²) in [5.74, 6) is 0. The number of hydrogen-bond acceptors (Lipinski definition) is 5. The van der Waals surface area contributed by atoms with Gasteiger partial charge in [0.15, 0.2) is 0 Å². The van der Waals surface area contributed by atoms with Gasteiger partial charge in [-0.2, -0.15) is 0 Å². The molecule has 0 radical (unpaired) electrons. The number of non-ortho nitro benzene ring substituents is 1. The molecule has 116 valence electrons. The minimum atomic E-state index is -3.74. The van der Waals surface area contributed by atoms with E-state index in [4.69, 9.17) is 0 Å². The lowest BCUT2D eigenvalue weighted by atomic mass is 9.96. The van der Waals surface area contributed by atoms with Crippen LogP contribution in [0.3, 0.4) is 0 Å². The number of hydrogen-bond donors (Lipinski definition) is 1. The highest BCUT2D eigenvalue weighted by Gasteiger charge is 2.28. The predicted octanol–water partition coefficient (Wildman–Crippen LogP) is 2.20. The van der Waals surface area contributed by atoms with Gasteiger partial charge in [0.1, 0.15) is 4.90 Å². The summed E-state index contributed by atoms with van der Waals surface area (Å²) in [5, 5.41) is 10.7. The minimum absolute atomic E-state index is 0.0466. The fourth-order valence-corrected chi connectivity index (χ4v) is 3.32. The van der Waals surface area contributed by atoms with E-state index in [1.165, 1.54) is 48.8 Å². The molecule has 7 nitrogen and oxygen atoms in total. The first kappa shape index (κ1) is 16.1. The zero-order valence-electron chi connectivity index (χ0n) is 12.1. The Kier molecular flexibility index (Phi) is 4.25. The quantitative estimate of drug-likeness (QED) is 0.672. The van der Waals surface area contributed by atoms with Crippen molar-refractivity contribution in [2.24, 2.45) is 0 Å². The summed E-state index contributed by atoms with van der Waals surface area (Å²) in [6.07, 6.45) is 2.74. The van der Waals surface area contributed by atoms with E-state index in [2.05, 4.69) is 9.71 Å². The van der Waals surface area contributed by atoms with Gasteiger partial charge in [-0.05, 0) is 31.5 Å². The van der Waals surface area contributed by atoms with Crippen molar-refractivity contribution in [3.63, 3.8) is 0 Å². The molecule has 22 heavy (non-hydrogen) atoms. The SMILES string of the molecule is CC(C)(NS(=O)(=O)c1cccnc1)c1ccc([N+](=O)[O-])cc1. The van der Waals surface area contributed by atoms with Crippen molar-refractivity contribution in [1.29, 1.82) is 0 Å². The summed E-state index contributed by atoms with van der Waals surface area (Å²) < 4.78 is 27.3. The maximum Gasteiger partial charge on any atom is 0.269 e. The third-order valence-corrected chi connectivity index (χ3v) is 4.78. The lowest BCUT2D eigenvalue weighted by Gasteiger charge is -2.26. The minimum Gasteiger partial charge on any atom is -0.263 e. The third-order valence-electron chi connectivity index (χ3n) is 3.13. The fraction of sp³-hybridized carbons (Fsp3) is 0.214. The molecule has 0 bridgehead atoms. The summed E-state index contributed by atoms with van der Waals surface area (Å²) in [5.41, 5.74) is -0.357. The second-order valence-corrected chi connectivity index (χ2v) is 6.91. The van der Waals surface area contributed by atoms with Crippen LogP contribution in [0.1, 0.15) is 19.4 Å². The number of nitro benzene ring substituents is 1. The van der Waals surface area contributed by atoms with Crippen LogP contribution in [0.25, 0.3) is 0 Å². The van der Waals surface area contributed by atoms with Crippen LogP contribution in [0.5, 0.6) is 0 Å². The van der Waals surface area contributed by atoms with Crippen molar-refractivity contribution in [1.82, 2.24) is 9.71 Å². The van der Waals surface area contributed by atoms with Crippen LogP contribution in [0.4, 0.5) is 5.69 Å². The Hall–Kier alpha value is -2.32. The Morgan fingerprint density at radius 2 is 1.82 bits per heavy atom.